The van der Waals surface area contributed by atoms with E-state index in [4.69, 9.17) is 0 Å². The van der Waals surface area contributed by atoms with Gasteiger partial charge in [0.15, 0.2) is 0 Å². The smallest absolute Gasteiger partial charge is 0.0722 e. The van der Waals surface area contributed by atoms with Crippen molar-refractivity contribution >= 4 is 22.6 Å². The summed E-state index contributed by atoms with van der Waals surface area (Å²) in [7, 11) is 0. The number of hydrogen-bond donors (Lipinski definition) is 2. The first-order chi connectivity index (χ1) is 3.79. The molecular formula is C5H11IN2. The van der Waals surface area contributed by atoms with Crippen molar-refractivity contribution in [3.8, 4) is 0 Å². The molecule has 0 radical (unpaired) electrons. The lowest BCUT2D eigenvalue weighted by molar-refractivity contribution is 0.431. The summed E-state index contributed by atoms with van der Waals surface area (Å²) >= 11 is 2.40. The minimum Gasteiger partial charge on any atom is -0.313 e. The molecule has 2 N–H and O–H groups in total. The Bertz CT molecular complexity index is 68.8. The average Bonchev–Trinajstić information content (AvgIpc) is 1.64. The highest BCUT2D eigenvalue weighted by molar-refractivity contribution is 14.1. The van der Waals surface area contributed by atoms with Crippen LogP contribution in [0, 0.1) is 0 Å². The molecule has 0 aromatic heterocycles. The van der Waals surface area contributed by atoms with E-state index in [0.717, 1.165) is 13.1 Å². The molecule has 1 heterocycles. The van der Waals surface area contributed by atoms with Crippen LogP contribution in [-0.4, -0.2) is 23.2 Å². The normalized spacial score (nSPS) is 39.8. The molecule has 2 nitrogen and oxygen atoms in total. The van der Waals surface area contributed by atoms with E-state index in [0.29, 0.717) is 10.1 Å². The van der Waals surface area contributed by atoms with E-state index >= 15 is 0 Å². The van der Waals surface area contributed by atoms with Crippen molar-refractivity contribution < 1.29 is 0 Å². The molecule has 8 heavy (non-hydrogen) atoms. The Morgan fingerprint density at radius 2 is 2.25 bits per heavy atom. The van der Waals surface area contributed by atoms with Gasteiger partial charge in [0.05, 0.1) is 4.05 Å². The van der Waals surface area contributed by atoms with Crippen LogP contribution in [0.25, 0.3) is 0 Å². The van der Waals surface area contributed by atoms with Gasteiger partial charge in [-0.1, -0.05) is 22.6 Å². The van der Waals surface area contributed by atoms with Crippen molar-refractivity contribution in [2.24, 2.45) is 0 Å². The molecule has 1 aliphatic rings. The third kappa shape index (κ3) is 1.87. The van der Waals surface area contributed by atoms with Gasteiger partial charge in [-0.05, 0) is 6.92 Å². The number of alkyl halides is 1. The summed E-state index contributed by atoms with van der Waals surface area (Å²) in [4.78, 5) is 0. The first-order valence-electron chi connectivity index (χ1n) is 2.90. The van der Waals surface area contributed by atoms with E-state index in [9.17, 15) is 0 Å². The zero-order valence-corrected chi connectivity index (χ0v) is 7.10. The average molecular weight is 226 g/mol. The lowest BCUT2D eigenvalue weighted by Crippen LogP contribution is -2.50. The maximum absolute atomic E-state index is 3.40. The molecule has 0 aliphatic carbocycles. The molecule has 0 amide bonds. The molecule has 0 spiro atoms. The van der Waals surface area contributed by atoms with Crippen LogP contribution in [0.15, 0.2) is 0 Å². The molecule has 1 saturated heterocycles. The van der Waals surface area contributed by atoms with E-state index in [-0.39, 0.29) is 0 Å². The topological polar surface area (TPSA) is 24.1 Å². The molecule has 1 rings (SSSR count). The number of nitrogens with one attached hydrogen (secondary N) is 2. The third-order valence-corrected chi connectivity index (χ3v) is 2.04. The molecule has 2 atom stereocenters. The van der Waals surface area contributed by atoms with Gasteiger partial charge in [-0.15, -0.1) is 0 Å². The second-order valence-electron chi connectivity index (χ2n) is 2.19. The summed E-state index contributed by atoms with van der Waals surface area (Å²) in [5.74, 6) is 0. The standard InChI is InChI=1S/C5H11IN2/c1-4-2-7-3-5(6)8-4/h4-5,7-8H,2-3H2,1H3. The molecule has 0 aromatic rings. The van der Waals surface area contributed by atoms with Gasteiger partial charge in [0.25, 0.3) is 0 Å². The van der Waals surface area contributed by atoms with Gasteiger partial charge in [-0.3, -0.25) is 0 Å². The predicted molar refractivity (Wildman–Crippen MR) is 43.3 cm³/mol. The van der Waals surface area contributed by atoms with E-state index in [1.165, 1.54) is 0 Å². The molecule has 0 aromatic carbocycles. The number of rotatable bonds is 0. The van der Waals surface area contributed by atoms with Crippen LogP contribution in [0.4, 0.5) is 0 Å². The fraction of sp³-hybridized carbons (Fsp3) is 1.00. The van der Waals surface area contributed by atoms with Crippen molar-refractivity contribution in [3.05, 3.63) is 0 Å². The zero-order chi connectivity index (χ0) is 5.98. The minimum absolute atomic E-state index is 0.622. The summed E-state index contributed by atoms with van der Waals surface area (Å²) < 4.78 is 0.622. The van der Waals surface area contributed by atoms with Crippen LogP contribution in [0.1, 0.15) is 6.92 Å². The highest BCUT2D eigenvalue weighted by Crippen LogP contribution is 1.99. The van der Waals surface area contributed by atoms with Gasteiger partial charge >= 0.3 is 0 Å². The predicted octanol–water partition coefficient (Wildman–Crippen LogP) is 0.329. The van der Waals surface area contributed by atoms with E-state index in [1.54, 1.807) is 0 Å². The largest absolute Gasteiger partial charge is 0.313 e. The lowest BCUT2D eigenvalue weighted by atomic mass is 10.3. The fourth-order valence-electron chi connectivity index (χ4n) is 0.853. The Kier molecular flexibility index (Phi) is 2.52. The summed E-state index contributed by atoms with van der Waals surface area (Å²) in [6, 6.07) is 0.644. The minimum atomic E-state index is 0.622. The molecule has 1 fully saturated rings. The summed E-state index contributed by atoms with van der Waals surface area (Å²) in [5.41, 5.74) is 0. The van der Waals surface area contributed by atoms with E-state index < -0.39 is 0 Å². The van der Waals surface area contributed by atoms with Crippen LogP contribution >= 0.6 is 22.6 Å². The Hall–Kier alpha value is 0.650. The summed E-state index contributed by atoms with van der Waals surface area (Å²) in [6.45, 7) is 4.40. The highest BCUT2D eigenvalue weighted by atomic mass is 127. The molecule has 48 valence electrons. The van der Waals surface area contributed by atoms with Crippen molar-refractivity contribution in [2.75, 3.05) is 13.1 Å². The number of hydrogen-bond acceptors (Lipinski definition) is 2. The molecule has 0 bridgehead atoms. The van der Waals surface area contributed by atoms with Crippen molar-refractivity contribution in [1.82, 2.24) is 10.6 Å². The molecular weight excluding hydrogens is 215 g/mol. The Morgan fingerprint density at radius 1 is 1.50 bits per heavy atom. The first kappa shape index (κ1) is 6.77. The second kappa shape index (κ2) is 2.98. The lowest BCUT2D eigenvalue weighted by Gasteiger charge is -2.25. The quantitative estimate of drug-likeness (QED) is 0.353. The van der Waals surface area contributed by atoms with Gasteiger partial charge in [-0.2, -0.15) is 0 Å². The van der Waals surface area contributed by atoms with Gasteiger partial charge in [-0.25, -0.2) is 0 Å². The Balaban J connectivity index is 2.23. The monoisotopic (exact) mass is 226 g/mol. The van der Waals surface area contributed by atoms with E-state index in [2.05, 4.69) is 40.1 Å². The van der Waals surface area contributed by atoms with Gasteiger partial charge in [0, 0.05) is 19.1 Å². The van der Waals surface area contributed by atoms with Crippen LogP contribution < -0.4 is 10.6 Å². The molecule has 3 heteroatoms. The molecule has 0 saturated carbocycles. The third-order valence-electron chi connectivity index (χ3n) is 1.24. The maximum Gasteiger partial charge on any atom is 0.0722 e. The molecule has 2 unspecified atom stereocenters. The van der Waals surface area contributed by atoms with Crippen molar-refractivity contribution in [2.45, 2.75) is 17.0 Å². The fourth-order valence-corrected chi connectivity index (χ4v) is 1.78. The summed E-state index contributed by atoms with van der Waals surface area (Å²) in [5, 5.41) is 6.72. The molecule has 1 aliphatic heterocycles. The Labute approximate surface area is 63.6 Å². The summed E-state index contributed by atoms with van der Waals surface area (Å²) in [6.07, 6.45) is 0. The van der Waals surface area contributed by atoms with Gasteiger partial charge < -0.3 is 10.6 Å². The second-order valence-corrected chi connectivity index (χ2v) is 3.70. The Morgan fingerprint density at radius 3 is 2.62 bits per heavy atom. The van der Waals surface area contributed by atoms with Crippen LogP contribution in [-0.2, 0) is 0 Å². The maximum atomic E-state index is 3.40. The van der Waals surface area contributed by atoms with Crippen molar-refractivity contribution in [1.29, 1.82) is 0 Å². The van der Waals surface area contributed by atoms with Crippen molar-refractivity contribution in [3.63, 3.8) is 0 Å². The van der Waals surface area contributed by atoms with E-state index in [1.807, 2.05) is 0 Å². The number of piperazine rings is 1. The van der Waals surface area contributed by atoms with Gasteiger partial charge in [0.2, 0.25) is 0 Å². The first-order valence-corrected chi connectivity index (χ1v) is 4.14. The zero-order valence-electron chi connectivity index (χ0n) is 4.95. The SMILES string of the molecule is CC1CNCC(I)N1. The van der Waals surface area contributed by atoms with Crippen LogP contribution in [0.2, 0.25) is 0 Å². The highest BCUT2D eigenvalue weighted by Gasteiger charge is 2.12. The van der Waals surface area contributed by atoms with Crippen LogP contribution in [0.3, 0.4) is 0 Å². The number of halogens is 1. The van der Waals surface area contributed by atoms with Crippen LogP contribution in [0.5, 0.6) is 0 Å². The van der Waals surface area contributed by atoms with Gasteiger partial charge in [0.1, 0.15) is 0 Å².